The van der Waals surface area contributed by atoms with Gasteiger partial charge in [0.15, 0.2) is 0 Å². The van der Waals surface area contributed by atoms with Crippen LogP contribution < -0.4 is 5.32 Å². The standard InChI is InChI=1S/C17H29NS/c1-4-16-8-9-17(19-16)14(3)18-11-10-15-7-5-6-13(2)12-15/h8-9,13-15,18H,4-7,10-12H2,1-3H3. The van der Waals surface area contributed by atoms with Crippen LogP contribution in [-0.2, 0) is 6.42 Å². The van der Waals surface area contributed by atoms with E-state index < -0.39 is 0 Å². The van der Waals surface area contributed by atoms with Crippen LogP contribution in [0.3, 0.4) is 0 Å². The molecule has 1 saturated carbocycles. The van der Waals surface area contributed by atoms with E-state index in [1.165, 1.54) is 48.4 Å². The average Bonchev–Trinajstić information content (AvgIpc) is 2.87. The molecule has 3 atom stereocenters. The highest BCUT2D eigenvalue weighted by Crippen LogP contribution is 2.30. The zero-order valence-corrected chi connectivity index (χ0v) is 13.6. The van der Waals surface area contributed by atoms with Gasteiger partial charge in [0.1, 0.15) is 0 Å². The zero-order chi connectivity index (χ0) is 13.7. The molecule has 1 aliphatic rings. The Kier molecular flexibility index (Phi) is 5.90. The lowest BCUT2D eigenvalue weighted by molar-refractivity contribution is 0.266. The lowest BCUT2D eigenvalue weighted by atomic mass is 9.81. The molecule has 1 fully saturated rings. The van der Waals surface area contributed by atoms with Gasteiger partial charge in [-0.15, -0.1) is 11.3 Å². The van der Waals surface area contributed by atoms with Crippen molar-refractivity contribution in [1.82, 2.24) is 5.32 Å². The van der Waals surface area contributed by atoms with E-state index in [9.17, 15) is 0 Å². The Hall–Kier alpha value is -0.340. The normalized spacial score (nSPS) is 25.4. The van der Waals surface area contributed by atoms with Crippen molar-refractivity contribution < 1.29 is 0 Å². The van der Waals surface area contributed by atoms with E-state index in [2.05, 4.69) is 38.2 Å². The second-order valence-corrected chi connectivity index (χ2v) is 7.46. The summed E-state index contributed by atoms with van der Waals surface area (Å²) in [7, 11) is 0. The van der Waals surface area contributed by atoms with Gasteiger partial charge in [-0.1, -0.05) is 33.1 Å². The minimum absolute atomic E-state index is 0.520. The minimum Gasteiger partial charge on any atom is -0.309 e. The summed E-state index contributed by atoms with van der Waals surface area (Å²) in [6, 6.07) is 5.09. The van der Waals surface area contributed by atoms with Gasteiger partial charge in [0.25, 0.3) is 0 Å². The summed E-state index contributed by atoms with van der Waals surface area (Å²) in [4.78, 5) is 3.00. The van der Waals surface area contributed by atoms with Crippen LogP contribution in [0.1, 0.15) is 68.7 Å². The maximum absolute atomic E-state index is 3.71. The molecule has 0 saturated heterocycles. The Bertz CT molecular complexity index is 371. The summed E-state index contributed by atoms with van der Waals surface area (Å²) < 4.78 is 0. The number of hydrogen-bond acceptors (Lipinski definition) is 2. The predicted molar refractivity (Wildman–Crippen MR) is 85.9 cm³/mol. The fraction of sp³-hybridized carbons (Fsp3) is 0.765. The van der Waals surface area contributed by atoms with Crippen molar-refractivity contribution in [3.8, 4) is 0 Å². The van der Waals surface area contributed by atoms with E-state index in [0.29, 0.717) is 6.04 Å². The van der Waals surface area contributed by atoms with Gasteiger partial charge in [0.2, 0.25) is 0 Å². The largest absolute Gasteiger partial charge is 0.309 e. The molecule has 1 aromatic rings. The summed E-state index contributed by atoms with van der Waals surface area (Å²) in [5, 5.41) is 3.71. The monoisotopic (exact) mass is 279 g/mol. The molecule has 1 heterocycles. The van der Waals surface area contributed by atoms with Gasteiger partial charge < -0.3 is 5.32 Å². The van der Waals surface area contributed by atoms with Crippen molar-refractivity contribution in [2.75, 3.05) is 6.54 Å². The average molecular weight is 279 g/mol. The smallest absolute Gasteiger partial charge is 0.0386 e. The van der Waals surface area contributed by atoms with Gasteiger partial charge in [0, 0.05) is 15.8 Å². The van der Waals surface area contributed by atoms with Crippen molar-refractivity contribution in [2.24, 2.45) is 11.8 Å². The molecular weight excluding hydrogens is 250 g/mol. The van der Waals surface area contributed by atoms with Gasteiger partial charge in [-0.05, 0) is 56.7 Å². The Labute approximate surface area is 122 Å². The third kappa shape index (κ3) is 4.61. The summed E-state index contributed by atoms with van der Waals surface area (Å²) in [5.74, 6) is 1.93. The van der Waals surface area contributed by atoms with Crippen LogP contribution in [-0.4, -0.2) is 6.54 Å². The quantitative estimate of drug-likeness (QED) is 0.756. The fourth-order valence-corrected chi connectivity index (χ4v) is 4.22. The summed E-state index contributed by atoms with van der Waals surface area (Å²) in [6.45, 7) is 8.13. The van der Waals surface area contributed by atoms with Crippen LogP contribution in [0.4, 0.5) is 0 Å². The number of hydrogen-bond donors (Lipinski definition) is 1. The molecule has 0 radical (unpaired) electrons. The van der Waals surface area contributed by atoms with Crippen LogP contribution in [0.5, 0.6) is 0 Å². The number of nitrogens with one attached hydrogen (secondary N) is 1. The molecule has 1 nitrogen and oxygen atoms in total. The van der Waals surface area contributed by atoms with E-state index in [-0.39, 0.29) is 0 Å². The molecule has 108 valence electrons. The van der Waals surface area contributed by atoms with Crippen LogP contribution in [0.2, 0.25) is 0 Å². The molecule has 1 aromatic heterocycles. The SMILES string of the molecule is CCc1ccc(C(C)NCCC2CCCC(C)C2)s1. The maximum atomic E-state index is 3.71. The van der Waals surface area contributed by atoms with Crippen LogP contribution in [0.25, 0.3) is 0 Å². The highest BCUT2D eigenvalue weighted by molar-refractivity contribution is 7.12. The molecule has 0 spiro atoms. The zero-order valence-electron chi connectivity index (χ0n) is 12.7. The summed E-state index contributed by atoms with van der Waals surface area (Å²) in [6.07, 6.45) is 8.34. The molecule has 0 aromatic carbocycles. The Balaban J connectivity index is 1.70. The first-order valence-electron chi connectivity index (χ1n) is 8.01. The van der Waals surface area contributed by atoms with Crippen molar-refractivity contribution in [3.05, 3.63) is 21.9 Å². The molecule has 2 rings (SSSR count). The third-order valence-corrected chi connectivity index (χ3v) is 5.92. The van der Waals surface area contributed by atoms with Crippen molar-refractivity contribution in [3.63, 3.8) is 0 Å². The number of thiophene rings is 1. The topological polar surface area (TPSA) is 12.0 Å². The van der Waals surface area contributed by atoms with Crippen molar-refractivity contribution in [2.45, 2.75) is 65.3 Å². The summed E-state index contributed by atoms with van der Waals surface area (Å²) in [5.41, 5.74) is 0. The Morgan fingerprint density at radius 3 is 2.89 bits per heavy atom. The van der Waals surface area contributed by atoms with Gasteiger partial charge in [-0.25, -0.2) is 0 Å². The second kappa shape index (κ2) is 7.44. The predicted octanol–water partition coefficient (Wildman–Crippen LogP) is 5.18. The van der Waals surface area contributed by atoms with Gasteiger partial charge in [-0.2, -0.15) is 0 Å². The molecule has 0 amide bonds. The van der Waals surface area contributed by atoms with E-state index >= 15 is 0 Å². The number of rotatable bonds is 6. The van der Waals surface area contributed by atoms with Gasteiger partial charge in [-0.3, -0.25) is 0 Å². The number of aryl methyl sites for hydroxylation is 1. The van der Waals surface area contributed by atoms with E-state index in [1.807, 2.05) is 11.3 Å². The molecule has 2 heteroatoms. The lowest BCUT2D eigenvalue weighted by Crippen LogP contribution is -2.23. The summed E-state index contributed by atoms with van der Waals surface area (Å²) >= 11 is 1.96. The first-order valence-corrected chi connectivity index (χ1v) is 8.82. The minimum atomic E-state index is 0.520. The van der Waals surface area contributed by atoms with E-state index in [0.717, 1.165) is 18.3 Å². The fourth-order valence-electron chi connectivity index (χ4n) is 3.24. The first kappa shape index (κ1) is 15.1. The Morgan fingerprint density at radius 1 is 1.37 bits per heavy atom. The third-order valence-electron chi connectivity index (χ3n) is 4.51. The molecule has 3 unspecified atom stereocenters. The van der Waals surface area contributed by atoms with Gasteiger partial charge in [0.05, 0.1) is 0 Å². The molecule has 1 N–H and O–H groups in total. The molecule has 0 bridgehead atoms. The van der Waals surface area contributed by atoms with E-state index in [4.69, 9.17) is 0 Å². The Morgan fingerprint density at radius 2 is 2.21 bits per heavy atom. The lowest BCUT2D eigenvalue weighted by Gasteiger charge is -2.27. The second-order valence-electron chi connectivity index (χ2n) is 6.26. The van der Waals surface area contributed by atoms with Crippen LogP contribution in [0, 0.1) is 11.8 Å². The van der Waals surface area contributed by atoms with Crippen LogP contribution >= 0.6 is 11.3 Å². The first-order chi connectivity index (χ1) is 9.19. The van der Waals surface area contributed by atoms with Crippen LogP contribution in [0.15, 0.2) is 12.1 Å². The van der Waals surface area contributed by atoms with E-state index in [1.54, 1.807) is 0 Å². The molecular formula is C17H29NS. The molecule has 1 aliphatic carbocycles. The molecule has 19 heavy (non-hydrogen) atoms. The highest BCUT2D eigenvalue weighted by atomic mass is 32.1. The maximum Gasteiger partial charge on any atom is 0.0386 e. The molecule has 0 aliphatic heterocycles. The van der Waals surface area contributed by atoms with Gasteiger partial charge >= 0.3 is 0 Å². The highest BCUT2D eigenvalue weighted by Gasteiger charge is 2.18. The van der Waals surface area contributed by atoms with Crippen molar-refractivity contribution in [1.29, 1.82) is 0 Å². The van der Waals surface area contributed by atoms with Crippen molar-refractivity contribution >= 4 is 11.3 Å².